The van der Waals surface area contributed by atoms with Crippen LogP contribution in [0.25, 0.3) is 0 Å². The Morgan fingerprint density at radius 3 is 2.22 bits per heavy atom. The lowest BCUT2D eigenvalue weighted by Crippen LogP contribution is -2.17. The zero-order valence-corrected chi connectivity index (χ0v) is 15.0. The number of nitro benzene ring substituents is 1. The molecule has 3 aromatic carbocycles. The van der Waals surface area contributed by atoms with Crippen molar-refractivity contribution in [2.75, 3.05) is 4.31 Å². The van der Waals surface area contributed by atoms with Crippen LogP contribution in [0.2, 0.25) is 0 Å². The van der Waals surface area contributed by atoms with Crippen LogP contribution in [-0.4, -0.2) is 16.0 Å². The summed E-state index contributed by atoms with van der Waals surface area (Å²) >= 11 is 1.41. The lowest BCUT2D eigenvalue weighted by atomic mass is 10.1. The lowest BCUT2D eigenvalue weighted by molar-refractivity contribution is -0.384. The number of hydrogen-bond acceptors (Lipinski definition) is 5. The number of benzene rings is 3. The predicted octanol–water partition coefficient (Wildman–Crippen LogP) is 5.01. The average Bonchev–Trinajstić information content (AvgIpc) is 2.68. The second-order valence-electron chi connectivity index (χ2n) is 5.69. The summed E-state index contributed by atoms with van der Waals surface area (Å²) in [6.07, 6.45) is 0. The Morgan fingerprint density at radius 2 is 1.59 bits per heavy atom. The molecule has 0 heterocycles. The molecule has 3 rings (SSSR count). The van der Waals surface area contributed by atoms with Gasteiger partial charge in [-0.3, -0.25) is 10.1 Å². The van der Waals surface area contributed by atoms with Crippen molar-refractivity contribution in [2.24, 2.45) is 0 Å². The zero-order valence-electron chi connectivity index (χ0n) is 14.2. The van der Waals surface area contributed by atoms with Crippen molar-refractivity contribution >= 4 is 29.3 Å². The molecule has 0 atom stereocenters. The third kappa shape index (κ3) is 4.65. The molecule has 27 heavy (non-hydrogen) atoms. The van der Waals surface area contributed by atoms with Crippen LogP contribution in [0.3, 0.4) is 0 Å². The number of nitrogens with zero attached hydrogens (tertiary/aromatic N) is 2. The van der Waals surface area contributed by atoms with Crippen LogP contribution in [-0.2, 0) is 6.54 Å². The Kier molecular flexibility index (Phi) is 5.73. The second kappa shape index (κ2) is 8.37. The number of anilines is 1. The van der Waals surface area contributed by atoms with Gasteiger partial charge >= 0.3 is 5.97 Å². The number of carboxylic acids is 1. The van der Waals surface area contributed by atoms with Gasteiger partial charge in [0.25, 0.3) is 5.69 Å². The first-order valence-electron chi connectivity index (χ1n) is 8.11. The number of rotatable bonds is 7. The first-order chi connectivity index (χ1) is 13.0. The molecule has 0 bridgehead atoms. The molecule has 0 radical (unpaired) electrons. The van der Waals surface area contributed by atoms with E-state index in [0.717, 1.165) is 10.5 Å². The molecule has 0 amide bonds. The second-order valence-corrected chi connectivity index (χ2v) is 6.78. The summed E-state index contributed by atoms with van der Waals surface area (Å²) in [7, 11) is 0. The highest BCUT2D eigenvalue weighted by atomic mass is 32.2. The van der Waals surface area contributed by atoms with Crippen molar-refractivity contribution in [2.45, 2.75) is 11.4 Å². The summed E-state index contributed by atoms with van der Waals surface area (Å²) in [5, 5.41) is 20.4. The van der Waals surface area contributed by atoms with Gasteiger partial charge in [-0.1, -0.05) is 42.5 Å². The molecule has 0 fully saturated rings. The summed E-state index contributed by atoms with van der Waals surface area (Å²) < 4.78 is 1.87. The van der Waals surface area contributed by atoms with Crippen LogP contribution in [0.4, 0.5) is 11.4 Å². The van der Waals surface area contributed by atoms with Crippen LogP contribution in [0, 0.1) is 10.1 Å². The van der Waals surface area contributed by atoms with Gasteiger partial charge in [0.1, 0.15) is 0 Å². The van der Waals surface area contributed by atoms with Gasteiger partial charge in [-0.15, -0.1) is 0 Å². The number of carbonyl (C=O) groups is 1. The number of hydrogen-bond donors (Lipinski definition) is 1. The normalized spacial score (nSPS) is 10.4. The lowest BCUT2D eigenvalue weighted by Gasteiger charge is -2.25. The Morgan fingerprint density at radius 1 is 0.963 bits per heavy atom. The number of aromatic carboxylic acids is 1. The minimum absolute atomic E-state index is 0.0203. The van der Waals surface area contributed by atoms with Crippen molar-refractivity contribution < 1.29 is 14.8 Å². The molecule has 0 saturated heterocycles. The Balaban J connectivity index is 1.95. The van der Waals surface area contributed by atoms with Gasteiger partial charge in [-0.2, -0.15) is 0 Å². The first kappa shape index (κ1) is 18.5. The van der Waals surface area contributed by atoms with Gasteiger partial charge in [0.05, 0.1) is 22.7 Å². The summed E-state index contributed by atoms with van der Waals surface area (Å²) in [6.45, 7) is 0.391. The third-order valence-electron chi connectivity index (χ3n) is 3.84. The molecule has 0 aromatic heterocycles. The molecular formula is C20H16N2O4S. The molecule has 6 nitrogen and oxygen atoms in total. The molecule has 136 valence electrons. The van der Waals surface area contributed by atoms with E-state index in [1.807, 2.05) is 34.6 Å². The van der Waals surface area contributed by atoms with E-state index in [-0.39, 0.29) is 11.3 Å². The highest BCUT2D eigenvalue weighted by Gasteiger charge is 2.18. The van der Waals surface area contributed by atoms with Crippen LogP contribution >= 0.6 is 11.9 Å². The van der Waals surface area contributed by atoms with E-state index in [1.165, 1.54) is 24.1 Å². The summed E-state index contributed by atoms with van der Waals surface area (Å²) in [6, 6.07) is 22.7. The third-order valence-corrected chi connectivity index (χ3v) is 4.86. The fourth-order valence-corrected chi connectivity index (χ4v) is 3.54. The first-order valence-corrected chi connectivity index (χ1v) is 8.88. The van der Waals surface area contributed by atoms with Crippen LogP contribution < -0.4 is 4.31 Å². The Bertz CT molecular complexity index is 946. The van der Waals surface area contributed by atoms with E-state index < -0.39 is 10.9 Å². The van der Waals surface area contributed by atoms with Gasteiger partial charge in [-0.05, 0) is 41.8 Å². The van der Waals surface area contributed by atoms with Gasteiger partial charge in [0, 0.05) is 17.0 Å². The smallest absolute Gasteiger partial charge is 0.337 e. The highest BCUT2D eigenvalue weighted by Crippen LogP contribution is 2.33. The Labute approximate surface area is 160 Å². The predicted molar refractivity (Wildman–Crippen MR) is 105 cm³/mol. The monoisotopic (exact) mass is 380 g/mol. The number of carboxylic acid groups (broad SMARTS) is 1. The molecule has 0 saturated carbocycles. The number of para-hydroxylation sites is 1. The number of non-ortho nitro benzene ring substituents is 1. The van der Waals surface area contributed by atoms with E-state index in [4.69, 9.17) is 0 Å². The van der Waals surface area contributed by atoms with E-state index in [2.05, 4.69) is 0 Å². The van der Waals surface area contributed by atoms with Crippen LogP contribution in [0.1, 0.15) is 15.9 Å². The Hall–Kier alpha value is -3.32. The SMILES string of the molecule is O=C(O)c1ccccc1N(Cc1ccc([N+](=O)[O-])cc1)Sc1ccccc1. The van der Waals surface area contributed by atoms with Gasteiger partial charge in [0.2, 0.25) is 0 Å². The van der Waals surface area contributed by atoms with Crippen molar-refractivity contribution in [3.63, 3.8) is 0 Å². The van der Waals surface area contributed by atoms with Crippen molar-refractivity contribution in [1.29, 1.82) is 0 Å². The standard InChI is InChI=1S/C20H16N2O4S/c23-20(24)18-8-4-5-9-19(18)21(27-17-6-2-1-3-7-17)14-15-10-12-16(13-11-15)22(25)26/h1-13H,14H2,(H,23,24). The fourth-order valence-electron chi connectivity index (χ4n) is 2.54. The summed E-state index contributed by atoms with van der Waals surface area (Å²) in [5.41, 5.74) is 1.62. The molecule has 7 heteroatoms. The van der Waals surface area contributed by atoms with Crippen molar-refractivity contribution in [1.82, 2.24) is 0 Å². The molecule has 0 aliphatic heterocycles. The minimum Gasteiger partial charge on any atom is -0.478 e. The van der Waals surface area contributed by atoms with Gasteiger partial charge < -0.3 is 9.41 Å². The quantitative estimate of drug-likeness (QED) is 0.352. The van der Waals surface area contributed by atoms with E-state index in [0.29, 0.717) is 12.2 Å². The van der Waals surface area contributed by atoms with Crippen molar-refractivity contribution in [3.05, 3.63) is 100 Å². The van der Waals surface area contributed by atoms with E-state index in [1.54, 1.807) is 36.4 Å². The van der Waals surface area contributed by atoms with Crippen LogP contribution in [0.15, 0.2) is 83.8 Å². The number of nitro groups is 1. The fraction of sp³-hybridized carbons (Fsp3) is 0.0500. The minimum atomic E-state index is -1.01. The van der Waals surface area contributed by atoms with Gasteiger partial charge in [-0.25, -0.2) is 4.79 Å². The zero-order chi connectivity index (χ0) is 19.2. The highest BCUT2D eigenvalue weighted by molar-refractivity contribution is 8.00. The molecule has 0 aliphatic carbocycles. The maximum atomic E-state index is 11.6. The maximum absolute atomic E-state index is 11.6. The average molecular weight is 380 g/mol. The topological polar surface area (TPSA) is 83.7 Å². The van der Waals surface area contributed by atoms with E-state index in [9.17, 15) is 20.0 Å². The molecule has 0 aliphatic rings. The van der Waals surface area contributed by atoms with E-state index >= 15 is 0 Å². The molecule has 1 N–H and O–H groups in total. The van der Waals surface area contributed by atoms with Crippen LogP contribution in [0.5, 0.6) is 0 Å². The van der Waals surface area contributed by atoms with Crippen molar-refractivity contribution in [3.8, 4) is 0 Å². The molecule has 3 aromatic rings. The molecular weight excluding hydrogens is 364 g/mol. The largest absolute Gasteiger partial charge is 0.478 e. The van der Waals surface area contributed by atoms with Gasteiger partial charge in [0.15, 0.2) is 0 Å². The molecule has 0 unspecified atom stereocenters. The summed E-state index contributed by atoms with van der Waals surface area (Å²) in [4.78, 5) is 23.0. The summed E-state index contributed by atoms with van der Waals surface area (Å²) in [5.74, 6) is -1.01. The maximum Gasteiger partial charge on any atom is 0.337 e. The molecule has 0 spiro atoms.